The number of aromatic nitrogens is 1. The van der Waals surface area contributed by atoms with E-state index in [1.54, 1.807) is 6.20 Å². The third-order valence-electron chi connectivity index (χ3n) is 3.06. The van der Waals surface area contributed by atoms with Gasteiger partial charge in [-0.05, 0) is 30.2 Å². The fourth-order valence-corrected chi connectivity index (χ4v) is 1.77. The molecule has 3 nitrogen and oxygen atoms in total. The highest BCUT2D eigenvalue weighted by Gasteiger charge is 2.08. The van der Waals surface area contributed by atoms with Gasteiger partial charge in [0.15, 0.2) is 0 Å². The fourth-order valence-electron chi connectivity index (χ4n) is 1.77. The van der Waals surface area contributed by atoms with Crippen LogP contribution in [0.15, 0.2) is 18.3 Å². The van der Waals surface area contributed by atoms with Gasteiger partial charge in [-0.2, -0.15) is 5.26 Å². The molecule has 1 unspecified atom stereocenters. The number of hydrogen-bond acceptors (Lipinski definition) is 3. The standard InChI is InChI=1S/C14H21N3/c1-4-12(3)10-17(5-2)11-13-6-7-16-14(8-13)9-15/h6-8,12H,4-5,10-11H2,1-3H3. The van der Waals surface area contributed by atoms with Crippen molar-refractivity contribution in [2.24, 2.45) is 5.92 Å². The van der Waals surface area contributed by atoms with Gasteiger partial charge in [0.25, 0.3) is 0 Å². The summed E-state index contributed by atoms with van der Waals surface area (Å²) in [7, 11) is 0. The predicted octanol–water partition coefficient (Wildman–Crippen LogP) is 2.82. The maximum atomic E-state index is 8.81. The Balaban J connectivity index is 2.64. The minimum Gasteiger partial charge on any atom is -0.299 e. The van der Waals surface area contributed by atoms with E-state index in [4.69, 9.17) is 5.26 Å². The third kappa shape index (κ3) is 4.54. The summed E-state index contributed by atoms with van der Waals surface area (Å²) in [5.41, 5.74) is 1.67. The maximum Gasteiger partial charge on any atom is 0.140 e. The van der Waals surface area contributed by atoms with Gasteiger partial charge in [0, 0.05) is 19.3 Å². The molecular formula is C14H21N3. The molecule has 3 heteroatoms. The van der Waals surface area contributed by atoms with E-state index in [1.165, 1.54) is 12.0 Å². The lowest BCUT2D eigenvalue weighted by molar-refractivity contribution is 0.238. The second-order valence-corrected chi connectivity index (χ2v) is 4.50. The first-order chi connectivity index (χ1) is 8.19. The molecule has 1 rings (SSSR count). The van der Waals surface area contributed by atoms with Crippen LogP contribution in [0.3, 0.4) is 0 Å². The SMILES string of the molecule is CCC(C)CN(CC)Cc1ccnc(C#N)c1. The van der Waals surface area contributed by atoms with Gasteiger partial charge in [-0.15, -0.1) is 0 Å². The second-order valence-electron chi connectivity index (χ2n) is 4.50. The normalized spacial score (nSPS) is 12.4. The van der Waals surface area contributed by atoms with Crippen LogP contribution >= 0.6 is 0 Å². The molecule has 92 valence electrons. The molecule has 0 fully saturated rings. The monoisotopic (exact) mass is 231 g/mol. The Bertz CT molecular complexity index is 381. The molecule has 1 aromatic rings. The number of rotatable bonds is 6. The van der Waals surface area contributed by atoms with Crippen molar-refractivity contribution in [3.63, 3.8) is 0 Å². The van der Waals surface area contributed by atoms with Crippen LogP contribution in [-0.2, 0) is 6.54 Å². The van der Waals surface area contributed by atoms with Crippen molar-refractivity contribution < 1.29 is 0 Å². The van der Waals surface area contributed by atoms with Crippen LogP contribution in [0, 0.1) is 17.2 Å². The van der Waals surface area contributed by atoms with Crippen molar-refractivity contribution >= 4 is 0 Å². The van der Waals surface area contributed by atoms with E-state index in [-0.39, 0.29) is 0 Å². The molecule has 0 aliphatic rings. The van der Waals surface area contributed by atoms with Crippen LogP contribution in [0.4, 0.5) is 0 Å². The van der Waals surface area contributed by atoms with Crippen LogP contribution in [-0.4, -0.2) is 23.0 Å². The van der Waals surface area contributed by atoms with Gasteiger partial charge in [0.1, 0.15) is 11.8 Å². The lowest BCUT2D eigenvalue weighted by Gasteiger charge is -2.23. The quantitative estimate of drug-likeness (QED) is 0.755. The van der Waals surface area contributed by atoms with E-state index in [0.717, 1.165) is 19.6 Å². The summed E-state index contributed by atoms with van der Waals surface area (Å²) < 4.78 is 0. The van der Waals surface area contributed by atoms with Crippen LogP contribution in [0.1, 0.15) is 38.4 Å². The minimum absolute atomic E-state index is 0.502. The molecule has 1 atom stereocenters. The Hall–Kier alpha value is -1.40. The Kier molecular flexibility index (Phi) is 5.65. The van der Waals surface area contributed by atoms with Gasteiger partial charge in [0.05, 0.1) is 0 Å². The van der Waals surface area contributed by atoms with Crippen molar-refractivity contribution in [1.82, 2.24) is 9.88 Å². The molecule has 17 heavy (non-hydrogen) atoms. The molecule has 0 saturated heterocycles. The summed E-state index contributed by atoms with van der Waals surface area (Å²) in [6.07, 6.45) is 2.92. The van der Waals surface area contributed by atoms with E-state index >= 15 is 0 Å². The molecule has 0 aliphatic carbocycles. The molecule has 0 aliphatic heterocycles. The second kappa shape index (κ2) is 7.03. The van der Waals surface area contributed by atoms with Crippen molar-refractivity contribution in [2.45, 2.75) is 33.7 Å². The zero-order valence-electron chi connectivity index (χ0n) is 11.0. The molecule has 0 aromatic carbocycles. The summed E-state index contributed by atoms with van der Waals surface area (Å²) in [6, 6.07) is 5.94. The van der Waals surface area contributed by atoms with E-state index in [1.807, 2.05) is 12.1 Å². The first-order valence-electron chi connectivity index (χ1n) is 6.27. The average molecular weight is 231 g/mol. The zero-order chi connectivity index (χ0) is 12.7. The average Bonchev–Trinajstić information content (AvgIpc) is 2.37. The molecular weight excluding hydrogens is 210 g/mol. The smallest absolute Gasteiger partial charge is 0.140 e. The Morgan fingerprint density at radius 1 is 1.47 bits per heavy atom. The van der Waals surface area contributed by atoms with Gasteiger partial charge < -0.3 is 0 Å². The first-order valence-corrected chi connectivity index (χ1v) is 6.27. The number of pyridine rings is 1. The highest BCUT2D eigenvalue weighted by molar-refractivity contribution is 5.25. The van der Waals surface area contributed by atoms with Gasteiger partial charge in [-0.3, -0.25) is 4.90 Å². The van der Waals surface area contributed by atoms with Crippen molar-refractivity contribution in [3.05, 3.63) is 29.6 Å². The molecule has 1 heterocycles. The van der Waals surface area contributed by atoms with E-state index in [2.05, 4.69) is 36.7 Å². The number of nitrogens with zero attached hydrogens (tertiary/aromatic N) is 3. The summed E-state index contributed by atoms with van der Waals surface area (Å²) >= 11 is 0. The summed E-state index contributed by atoms with van der Waals surface area (Å²) in [5, 5.41) is 8.81. The fraction of sp³-hybridized carbons (Fsp3) is 0.571. The van der Waals surface area contributed by atoms with Crippen LogP contribution in [0.5, 0.6) is 0 Å². The lowest BCUT2D eigenvalue weighted by atomic mass is 10.1. The number of hydrogen-bond donors (Lipinski definition) is 0. The highest BCUT2D eigenvalue weighted by atomic mass is 15.1. The molecule has 0 N–H and O–H groups in total. The highest BCUT2D eigenvalue weighted by Crippen LogP contribution is 2.09. The molecule has 1 aromatic heterocycles. The van der Waals surface area contributed by atoms with Crippen molar-refractivity contribution in [1.29, 1.82) is 5.26 Å². The van der Waals surface area contributed by atoms with E-state index in [9.17, 15) is 0 Å². The largest absolute Gasteiger partial charge is 0.299 e. The summed E-state index contributed by atoms with van der Waals surface area (Å²) in [6.45, 7) is 9.72. The van der Waals surface area contributed by atoms with Crippen LogP contribution in [0.25, 0.3) is 0 Å². The Labute approximate surface area is 104 Å². The molecule has 0 bridgehead atoms. The van der Waals surface area contributed by atoms with Gasteiger partial charge in [0.2, 0.25) is 0 Å². The van der Waals surface area contributed by atoms with E-state index in [0.29, 0.717) is 11.6 Å². The molecule has 0 spiro atoms. The summed E-state index contributed by atoms with van der Waals surface area (Å²) in [5.74, 6) is 0.715. The Morgan fingerprint density at radius 3 is 2.82 bits per heavy atom. The van der Waals surface area contributed by atoms with Crippen molar-refractivity contribution in [2.75, 3.05) is 13.1 Å². The van der Waals surface area contributed by atoms with Crippen LogP contribution < -0.4 is 0 Å². The molecule has 0 amide bonds. The number of nitriles is 1. The molecule has 0 saturated carbocycles. The zero-order valence-corrected chi connectivity index (χ0v) is 11.0. The molecule has 0 radical (unpaired) electrons. The van der Waals surface area contributed by atoms with Gasteiger partial charge >= 0.3 is 0 Å². The van der Waals surface area contributed by atoms with Crippen molar-refractivity contribution in [3.8, 4) is 6.07 Å². The van der Waals surface area contributed by atoms with E-state index < -0.39 is 0 Å². The third-order valence-corrected chi connectivity index (χ3v) is 3.06. The lowest BCUT2D eigenvalue weighted by Crippen LogP contribution is -2.27. The summed E-state index contributed by atoms with van der Waals surface area (Å²) in [4.78, 5) is 6.40. The maximum absolute atomic E-state index is 8.81. The van der Waals surface area contributed by atoms with Gasteiger partial charge in [-0.25, -0.2) is 4.98 Å². The predicted molar refractivity (Wildman–Crippen MR) is 69.4 cm³/mol. The topological polar surface area (TPSA) is 39.9 Å². The Morgan fingerprint density at radius 2 is 2.24 bits per heavy atom. The first kappa shape index (κ1) is 13.7. The van der Waals surface area contributed by atoms with Gasteiger partial charge in [-0.1, -0.05) is 27.2 Å². The van der Waals surface area contributed by atoms with Crippen LogP contribution in [0.2, 0.25) is 0 Å². The minimum atomic E-state index is 0.502.